The first-order valence-corrected chi connectivity index (χ1v) is 6.38. The molecule has 5 heteroatoms. The van der Waals surface area contributed by atoms with Gasteiger partial charge in [0.1, 0.15) is 5.78 Å². The molecule has 2 rings (SSSR count). The van der Waals surface area contributed by atoms with Gasteiger partial charge in [0, 0.05) is 32.5 Å². The molecule has 4 nitrogen and oxygen atoms in total. The molecule has 1 aromatic heterocycles. The van der Waals surface area contributed by atoms with Gasteiger partial charge in [0.15, 0.2) is 0 Å². The van der Waals surface area contributed by atoms with E-state index in [-0.39, 0.29) is 5.78 Å². The first-order valence-electron chi connectivity index (χ1n) is 6.01. The molecule has 0 radical (unpaired) electrons. The second-order valence-electron chi connectivity index (χ2n) is 4.66. The Bertz CT molecular complexity index is 424. The third-order valence-electron chi connectivity index (χ3n) is 3.04. The van der Waals surface area contributed by atoms with Gasteiger partial charge in [-0.1, -0.05) is 11.6 Å². The summed E-state index contributed by atoms with van der Waals surface area (Å²) < 4.78 is 1.70. The third-order valence-corrected chi connectivity index (χ3v) is 3.53. The minimum atomic E-state index is 0.211. The Kier molecular flexibility index (Phi) is 3.84. The van der Waals surface area contributed by atoms with Crippen LogP contribution < -0.4 is 5.32 Å². The largest absolute Gasteiger partial charge is 0.314 e. The molecule has 1 N–H and O–H groups in total. The van der Waals surface area contributed by atoms with Crippen molar-refractivity contribution in [3.63, 3.8) is 0 Å². The van der Waals surface area contributed by atoms with E-state index in [1.54, 1.807) is 4.68 Å². The van der Waals surface area contributed by atoms with Crippen LogP contribution in [0.1, 0.15) is 30.7 Å². The number of aromatic nitrogens is 2. The maximum Gasteiger partial charge on any atom is 0.140 e. The summed E-state index contributed by atoms with van der Waals surface area (Å²) in [6.45, 7) is 2.63. The number of hydrogen-bond acceptors (Lipinski definition) is 3. The lowest BCUT2D eigenvalue weighted by molar-refractivity contribution is -0.118. The van der Waals surface area contributed by atoms with Gasteiger partial charge in [-0.3, -0.25) is 9.48 Å². The number of rotatable bonds is 6. The molecule has 1 aliphatic carbocycles. The molecule has 1 heterocycles. The normalized spacial score (nSPS) is 15.2. The number of nitrogens with zero attached hydrogens (tertiary/aromatic N) is 2. The molecule has 0 amide bonds. The van der Waals surface area contributed by atoms with Crippen LogP contribution in [0.5, 0.6) is 0 Å². The molecule has 94 valence electrons. The van der Waals surface area contributed by atoms with Gasteiger partial charge in [-0.25, -0.2) is 0 Å². The molecule has 0 atom stereocenters. The molecule has 0 aliphatic heterocycles. The van der Waals surface area contributed by atoms with Gasteiger partial charge in [-0.15, -0.1) is 0 Å². The summed E-state index contributed by atoms with van der Waals surface area (Å²) in [5.74, 6) is 0.211. The van der Waals surface area contributed by atoms with E-state index in [9.17, 15) is 4.79 Å². The Balaban J connectivity index is 1.83. The van der Waals surface area contributed by atoms with E-state index in [2.05, 4.69) is 10.4 Å². The average molecular weight is 256 g/mol. The summed E-state index contributed by atoms with van der Waals surface area (Å²) in [6.07, 6.45) is 3.45. The van der Waals surface area contributed by atoms with Gasteiger partial charge in [0.05, 0.1) is 16.4 Å². The summed E-state index contributed by atoms with van der Waals surface area (Å²) >= 11 is 6.10. The molecule has 0 unspecified atom stereocenters. The maximum absolute atomic E-state index is 11.8. The maximum atomic E-state index is 11.8. The molecule has 1 aromatic rings. The molecule has 0 saturated heterocycles. The van der Waals surface area contributed by atoms with Gasteiger partial charge in [-0.2, -0.15) is 5.10 Å². The number of Topliss-reactive ketones (excluding diaryl/α,β-unsaturated/α-hetero) is 1. The van der Waals surface area contributed by atoms with Crippen LogP contribution >= 0.6 is 11.6 Å². The Morgan fingerprint density at radius 2 is 2.29 bits per heavy atom. The Labute approximate surface area is 106 Å². The number of nitrogens with one attached hydrogen (secondary N) is 1. The van der Waals surface area contributed by atoms with Crippen molar-refractivity contribution in [2.24, 2.45) is 7.05 Å². The van der Waals surface area contributed by atoms with Gasteiger partial charge in [-0.05, 0) is 19.8 Å². The summed E-state index contributed by atoms with van der Waals surface area (Å²) in [5, 5.41) is 8.15. The molecule has 1 fully saturated rings. The Morgan fingerprint density at radius 1 is 1.59 bits per heavy atom. The minimum Gasteiger partial charge on any atom is -0.314 e. The second kappa shape index (κ2) is 5.19. The van der Waals surface area contributed by atoms with E-state index in [1.165, 1.54) is 12.8 Å². The highest BCUT2D eigenvalue weighted by Crippen LogP contribution is 2.20. The Morgan fingerprint density at radius 3 is 2.82 bits per heavy atom. The van der Waals surface area contributed by atoms with Crippen molar-refractivity contribution in [1.82, 2.24) is 15.1 Å². The smallest absolute Gasteiger partial charge is 0.140 e. The molecule has 1 saturated carbocycles. The lowest BCUT2D eigenvalue weighted by atomic mass is 10.1. The van der Waals surface area contributed by atoms with Crippen LogP contribution in [-0.2, 0) is 18.3 Å². The molecule has 0 bridgehead atoms. The van der Waals surface area contributed by atoms with E-state index in [0.717, 1.165) is 17.9 Å². The molecule has 0 spiro atoms. The molecule has 17 heavy (non-hydrogen) atoms. The SMILES string of the molecule is Cc1nn(C)c(CC(=O)CCNC2CC2)c1Cl. The average Bonchev–Trinajstić information content (AvgIpc) is 3.04. The van der Waals surface area contributed by atoms with Crippen molar-refractivity contribution in [3.8, 4) is 0 Å². The van der Waals surface area contributed by atoms with Crippen LogP contribution in [-0.4, -0.2) is 28.2 Å². The fraction of sp³-hybridized carbons (Fsp3) is 0.667. The lowest BCUT2D eigenvalue weighted by Gasteiger charge is -2.03. The number of ketones is 1. The highest BCUT2D eigenvalue weighted by molar-refractivity contribution is 6.32. The summed E-state index contributed by atoms with van der Waals surface area (Å²) in [6, 6.07) is 0.658. The first kappa shape index (κ1) is 12.6. The van der Waals surface area contributed by atoms with Gasteiger partial charge in [0.2, 0.25) is 0 Å². The predicted molar refractivity (Wildman–Crippen MR) is 67.3 cm³/mol. The number of carbonyl (C=O) groups is 1. The van der Waals surface area contributed by atoms with Gasteiger partial charge >= 0.3 is 0 Å². The minimum absolute atomic E-state index is 0.211. The first-order chi connectivity index (χ1) is 8.08. The van der Waals surface area contributed by atoms with Gasteiger partial charge < -0.3 is 5.32 Å². The van der Waals surface area contributed by atoms with E-state index >= 15 is 0 Å². The standard InChI is InChI=1S/C12H18ClN3O/c1-8-12(13)11(16(2)15-8)7-10(17)5-6-14-9-3-4-9/h9,14H,3-7H2,1-2H3. The van der Waals surface area contributed by atoms with Gasteiger partial charge in [0.25, 0.3) is 0 Å². The van der Waals surface area contributed by atoms with Crippen molar-refractivity contribution < 1.29 is 4.79 Å². The zero-order valence-corrected chi connectivity index (χ0v) is 11.0. The zero-order valence-electron chi connectivity index (χ0n) is 10.3. The molecular weight excluding hydrogens is 238 g/mol. The van der Waals surface area contributed by atoms with Crippen LogP contribution in [0.15, 0.2) is 0 Å². The number of halogens is 1. The van der Waals surface area contributed by atoms with Crippen molar-refractivity contribution in [2.75, 3.05) is 6.54 Å². The van der Waals surface area contributed by atoms with Crippen LogP contribution in [0.4, 0.5) is 0 Å². The highest BCUT2D eigenvalue weighted by atomic mass is 35.5. The summed E-state index contributed by atoms with van der Waals surface area (Å²) in [4.78, 5) is 11.8. The number of hydrogen-bond donors (Lipinski definition) is 1. The van der Waals surface area contributed by atoms with Crippen LogP contribution in [0.2, 0.25) is 5.02 Å². The van der Waals surface area contributed by atoms with Crippen molar-refractivity contribution in [2.45, 2.75) is 38.6 Å². The lowest BCUT2D eigenvalue weighted by Crippen LogP contribution is -2.21. The fourth-order valence-electron chi connectivity index (χ4n) is 1.85. The predicted octanol–water partition coefficient (Wildman–Crippen LogP) is 1.64. The second-order valence-corrected chi connectivity index (χ2v) is 5.04. The topological polar surface area (TPSA) is 46.9 Å². The van der Waals surface area contributed by atoms with Crippen molar-refractivity contribution >= 4 is 17.4 Å². The quantitative estimate of drug-likeness (QED) is 0.841. The van der Waals surface area contributed by atoms with Crippen molar-refractivity contribution in [3.05, 3.63) is 16.4 Å². The third kappa shape index (κ3) is 3.30. The van der Waals surface area contributed by atoms with E-state index in [0.29, 0.717) is 23.9 Å². The van der Waals surface area contributed by atoms with E-state index in [1.807, 2.05) is 14.0 Å². The monoisotopic (exact) mass is 255 g/mol. The van der Waals surface area contributed by atoms with Crippen LogP contribution in [0.25, 0.3) is 0 Å². The van der Waals surface area contributed by atoms with Crippen molar-refractivity contribution in [1.29, 1.82) is 0 Å². The number of carbonyl (C=O) groups excluding carboxylic acids is 1. The fourth-order valence-corrected chi connectivity index (χ4v) is 2.08. The summed E-state index contributed by atoms with van der Waals surface area (Å²) in [5.41, 5.74) is 1.61. The van der Waals surface area contributed by atoms with E-state index in [4.69, 9.17) is 11.6 Å². The Hall–Kier alpha value is -0.870. The zero-order chi connectivity index (χ0) is 12.4. The molecule has 1 aliphatic rings. The molecular formula is C12H18ClN3O. The van der Waals surface area contributed by atoms with Crippen LogP contribution in [0, 0.1) is 6.92 Å². The van der Waals surface area contributed by atoms with E-state index < -0.39 is 0 Å². The summed E-state index contributed by atoms with van der Waals surface area (Å²) in [7, 11) is 1.82. The van der Waals surface area contributed by atoms with Crippen LogP contribution in [0.3, 0.4) is 0 Å². The number of aryl methyl sites for hydroxylation is 2. The highest BCUT2D eigenvalue weighted by Gasteiger charge is 2.20. The molecule has 0 aromatic carbocycles.